The number of amides is 1. The average Bonchev–Trinajstić information content (AvgIpc) is 2.93. The maximum Gasteiger partial charge on any atom is 0.276 e. The Labute approximate surface area is 130 Å². The van der Waals surface area contributed by atoms with Crippen LogP contribution < -0.4 is 10.1 Å². The molecule has 0 spiro atoms. The molecule has 3 rings (SSSR count). The molecule has 1 amide bonds. The lowest BCUT2D eigenvalue weighted by Gasteiger charge is -2.06. The van der Waals surface area contributed by atoms with Gasteiger partial charge in [-0.1, -0.05) is 0 Å². The second-order valence-electron chi connectivity index (χ2n) is 4.30. The number of rotatable bonds is 4. The third-order valence-corrected chi connectivity index (χ3v) is 3.45. The van der Waals surface area contributed by atoms with Gasteiger partial charge in [0.2, 0.25) is 0 Å². The summed E-state index contributed by atoms with van der Waals surface area (Å²) in [6.45, 7) is 1.86. The minimum atomic E-state index is -0.343. The van der Waals surface area contributed by atoms with Crippen molar-refractivity contribution >= 4 is 22.4 Å². The normalized spacial score (nSPS) is 10.2. The summed E-state index contributed by atoms with van der Waals surface area (Å²) >= 11 is 1.36. The molecule has 0 unspecified atom stereocenters. The monoisotopic (exact) mass is 313 g/mol. The van der Waals surface area contributed by atoms with E-state index in [4.69, 9.17) is 4.74 Å². The number of nitrogens with zero attached hydrogens (tertiary/aromatic N) is 4. The van der Waals surface area contributed by atoms with Crippen LogP contribution in [-0.4, -0.2) is 25.8 Å². The van der Waals surface area contributed by atoms with Crippen LogP contribution in [0, 0.1) is 6.92 Å². The summed E-state index contributed by atoms with van der Waals surface area (Å²) in [5, 5.41) is 5.09. The number of thiazole rings is 1. The Bertz CT molecular complexity index is 791. The lowest BCUT2D eigenvalue weighted by molar-refractivity contribution is 0.102. The first-order chi connectivity index (χ1) is 10.7. The molecule has 22 heavy (non-hydrogen) atoms. The summed E-state index contributed by atoms with van der Waals surface area (Å²) in [6.07, 6.45) is 5.98. The van der Waals surface area contributed by atoms with Crippen LogP contribution in [0.2, 0.25) is 0 Å². The van der Waals surface area contributed by atoms with Crippen LogP contribution in [0.3, 0.4) is 0 Å². The number of hydrogen-bond donors (Lipinski definition) is 1. The quantitative estimate of drug-likeness (QED) is 0.796. The summed E-state index contributed by atoms with van der Waals surface area (Å²) in [6, 6.07) is 3.19. The molecule has 0 fully saturated rings. The number of aromatic nitrogens is 4. The van der Waals surface area contributed by atoms with Crippen LogP contribution in [0.5, 0.6) is 11.5 Å². The van der Waals surface area contributed by atoms with Gasteiger partial charge in [-0.3, -0.25) is 15.1 Å². The van der Waals surface area contributed by atoms with E-state index in [1.165, 1.54) is 36.3 Å². The number of anilines is 1. The van der Waals surface area contributed by atoms with Crippen LogP contribution in [0.15, 0.2) is 42.4 Å². The Morgan fingerprint density at radius 2 is 2.09 bits per heavy atom. The van der Waals surface area contributed by atoms with Crippen LogP contribution in [0.1, 0.15) is 16.2 Å². The second-order valence-corrected chi connectivity index (χ2v) is 5.16. The van der Waals surface area contributed by atoms with Gasteiger partial charge in [-0.2, -0.15) is 0 Å². The molecule has 1 N–H and O–H groups in total. The van der Waals surface area contributed by atoms with E-state index in [1.54, 1.807) is 12.1 Å². The Hall–Kier alpha value is -2.87. The Morgan fingerprint density at radius 1 is 1.27 bits per heavy atom. The van der Waals surface area contributed by atoms with Crippen molar-refractivity contribution in [2.75, 3.05) is 5.32 Å². The summed E-state index contributed by atoms with van der Waals surface area (Å²) in [5.41, 5.74) is 1.09. The maximum absolute atomic E-state index is 12.1. The molecule has 8 heteroatoms. The van der Waals surface area contributed by atoms with Crippen molar-refractivity contribution in [3.05, 3.63) is 53.8 Å². The number of carbonyl (C=O) groups excluding carboxylic acids is 1. The summed E-state index contributed by atoms with van der Waals surface area (Å²) in [7, 11) is 0. The molecule has 3 heterocycles. The van der Waals surface area contributed by atoms with Crippen molar-refractivity contribution in [3.8, 4) is 11.5 Å². The van der Waals surface area contributed by atoms with Gasteiger partial charge >= 0.3 is 0 Å². The van der Waals surface area contributed by atoms with Gasteiger partial charge in [-0.25, -0.2) is 15.0 Å². The number of hydrogen-bond acceptors (Lipinski definition) is 7. The van der Waals surface area contributed by atoms with Crippen molar-refractivity contribution in [2.24, 2.45) is 0 Å². The number of pyridine rings is 1. The Kier molecular flexibility index (Phi) is 4.01. The SMILES string of the molecule is Cc1csc(NC(=O)c2cc(Oc3cncnc3)ccn2)n1. The van der Waals surface area contributed by atoms with Crippen LogP contribution in [0.4, 0.5) is 5.13 Å². The summed E-state index contributed by atoms with van der Waals surface area (Å²) in [4.78, 5) is 28.1. The van der Waals surface area contributed by atoms with E-state index in [0.29, 0.717) is 16.6 Å². The zero-order valence-electron chi connectivity index (χ0n) is 11.6. The van der Waals surface area contributed by atoms with Crippen LogP contribution in [-0.2, 0) is 0 Å². The van der Waals surface area contributed by atoms with Gasteiger partial charge in [0.25, 0.3) is 5.91 Å². The van der Waals surface area contributed by atoms with E-state index in [9.17, 15) is 4.79 Å². The highest BCUT2D eigenvalue weighted by Crippen LogP contribution is 2.20. The maximum atomic E-state index is 12.1. The summed E-state index contributed by atoms with van der Waals surface area (Å²) < 4.78 is 5.57. The fraction of sp³-hybridized carbons (Fsp3) is 0.0714. The van der Waals surface area contributed by atoms with Gasteiger partial charge < -0.3 is 4.74 Å². The van der Waals surface area contributed by atoms with Gasteiger partial charge in [-0.05, 0) is 13.0 Å². The van der Waals surface area contributed by atoms with E-state index in [1.807, 2.05) is 12.3 Å². The summed E-state index contributed by atoms with van der Waals surface area (Å²) in [5.74, 6) is 0.616. The van der Waals surface area contributed by atoms with E-state index < -0.39 is 0 Å². The predicted molar refractivity (Wildman–Crippen MR) is 81.1 cm³/mol. The molecule has 0 aliphatic heterocycles. The molecule has 0 saturated carbocycles. The topological polar surface area (TPSA) is 89.9 Å². The van der Waals surface area contributed by atoms with Crippen molar-refractivity contribution in [2.45, 2.75) is 6.92 Å². The molecular weight excluding hydrogens is 302 g/mol. The van der Waals surface area contributed by atoms with Crippen molar-refractivity contribution in [1.29, 1.82) is 0 Å². The van der Waals surface area contributed by atoms with Crippen molar-refractivity contribution < 1.29 is 9.53 Å². The van der Waals surface area contributed by atoms with E-state index >= 15 is 0 Å². The lowest BCUT2D eigenvalue weighted by Crippen LogP contribution is -2.13. The minimum absolute atomic E-state index is 0.238. The fourth-order valence-corrected chi connectivity index (χ4v) is 2.33. The number of ether oxygens (including phenoxy) is 1. The molecule has 0 aliphatic rings. The van der Waals surface area contributed by atoms with Crippen LogP contribution >= 0.6 is 11.3 Å². The van der Waals surface area contributed by atoms with E-state index in [2.05, 4.69) is 25.3 Å². The molecule has 7 nitrogen and oxygen atoms in total. The molecule has 0 atom stereocenters. The Balaban J connectivity index is 1.74. The van der Waals surface area contributed by atoms with E-state index in [-0.39, 0.29) is 11.6 Å². The zero-order chi connectivity index (χ0) is 15.4. The van der Waals surface area contributed by atoms with Crippen molar-refractivity contribution in [3.63, 3.8) is 0 Å². The van der Waals surface area contributed by atoms with Crippen molar-refractivity contribution in [1.82, 2.24) is 19.9 Å². The van der Waals surface area contributed by atoms with Gasteiger partial charge in [0.05, 0.1) is 18.1 Å². The molecule has 0 saturated heterocycles. The fourth-order valence-electron chi connectivity index (χ4n) is 1.65. The van der Waals surface area contributed by atoms with Gasteiger partial charge in [0, 0.05) is 17.6 Å². The van der Waals surface area contributed by atoms with Crippen LogP contribution in [0.25, 0.3) is 0 Å². The number of carbonyl (C=O) groups is 1. The molecule has 0 bridgehead atoms. The average molecular weight is 313 g/mol. The Morgan fingerprint density at radius 3 is 2.82 bits per heavy atom. The molecule has 110 valence electrons. The zero-order valence-corrected chi connectivity index (χ0v) is 12.4. The highest BCUT2D eigenvalue weighted by atomic mass is 32.1. The van der Waals surface area contributed by atoms with E-state index in [0.717, 1.165) is 5.69 Å². The largest absolute Gasteiger partial charge is 0.454 e. The standard InChI is InChI=1S/C14H11N5O2S/c1-9-7-22-14(18-9)19-13(20)12-4-10(2-3-17-12)21-11-5-15-8-16-6-11/h2-8H,1H3,(H,18,19,20). The first-order valence-corrected chi connectivity index (χ1v) is 7.21. The third kappa shape index (κ3) is 3.41. The minimum Gasteiger partial charge on any atom is -0.454 e. The molecular formula is C14H11N5O2S. The first-order valence-electron chi connectivity index (χ1n) is 6.33. The number of aryl methyl sites for hydroxylation is 1. The van der Waals surface area contributed by atoms with Gasteiger partial charge in [0.1, 0.15) is 17.8 Å². The molecule has 0 radical (unpaired) electrons. The molecule has 3 aromatic heterocycles. The molecule has 0 aliphatic carbocycles. The predicted octanol–water partition coefficient (Wildman–Crippen LogP) is 2.68. The smallest absolute Gasteiger partial charge is 0.276 e. The highest BCUT2D eigenvalue weighted by Gasteiger charge is 2.11. The highest BCUT2D eigenvalue weighted by molar-refractivity contribution is 7.13. The molecule has 3 aromatic rings. The number of nitrogens with one attached hydrogen (secondary N) is 1. The van der Waals surface area contributed by atoms with Gasteiger partial charge in [0.15, 0.2) is 10.9 Å². The third-order valence-electron chi connectivity index (χ3n) is 2.58. The lowest BCUT2D eigenvalue weighted by atomic mass is 10.3. The van der Waals surface area contributed by atoms with Gasteiger partial charge in [-0.15, -0.1) is 11.3 Å². The molecule has 0 aromatic carbocycles. The second kappa shape index (κ2) is 6.27. The first kappa shape index (κ1) is 14.1.